The van der Waals surface area contributed by atoms with E-state index in [9.17, 15) is 4.79 Å². The lowest BCUT2D eigenvalue weighted by Gasteiger charge is -2.04. The molecule has 2 N–H and O–H groups in total. The number of benzene rings is 1. The van der Waals surface area contributed by atoms with Crippen molar-refractivity contribution in [2.45, 2.75) is 4.90 Å². The Morgan fingerprint density at radius 3 is 2.85 bits per heavy atom. The Balaban J connectivity index is 2.11. The van der Waals surface area contributed by atoms with Crippen molar-refractivity contribution in [2.24, 2.45) is 0 Å². The van der Waals surface area contributed by atoms with Gasteiger partial charge in [-0.05, 0) is 40.8 Å². The normalized spacial score (nSPS) is 10.7. The van der Waals surface area contributed by atoms with E-state index in [4.69, 9.17) is 0 Å². The Kier molecular flexibility index (Phi) is 3.34. The molecule has 6 nitrogen and oxygen atoms in total. The van der Waals surface area contributed by atoms with Crippen LogP contribution >= 0.6 is 11.8 Å². The maximum Gasteiger partial charge on any atom is 0.259 e. The zero-order valence-corrected chi connectivity index (χ0v) is 11.4. The fourth-order valence-electron chi connectivity index (χ4n) is 1.90. The van der Waals surface area contributed by atoms with E-state index in [0.29, 0.717) is 5.56 Å². The average Bonchev–Trinajstić information content (AvgIpc) is 3.02. The Morgan fingerprint density at radius 2 is 2.10 bits per heavy atom. The lowest BCUT2D eigenvalue weighted by atomic mass is 10.1. The molecule has 20 heavy (non-hydrogen) atoms. The van der Waals surface area contributed by atoms with Crippen molar-refractivity contribution in [3.05, 3.63) is 46.9 Å². The summed E-state index contributed by atoms with van der Waals surface area (Å²) in [6, 6.07) is 9.86. The van der Waals surface area contributed by atoms with Gasteiger partial charge in [0, 0.05) is 11.1 Å². The molecule has 100 valence electrons. The number of H-pyrrole nitrogens is 2. The predicted octanol–water partition coefficient (Wildman–Crippen LogP) is 1.94. The van der Waals surface area contributed by atoms with Gasteiger partial charge in [-0.2, -0.15) is 5.21 Å². The van der Waals surface area contributed by atoms with E-state index < -0.39 is 0 Å². The minimum Gasteiger partial charge on any atom is -0.328 e. The average molecular weight is 285 g/mol. The molecule has 7 heteroatoms. The first kappa shape index (κ1) is 12.6. The molecule has 0 bridgehead atoms. The summed E-state index contributed by atoms with van der Waals surface area (Å²) in [5, 5.41) is 13.5. The first-order valence-electron chi connectivity index (χ1n) is 5.89. The Morgan fingerprint density at radius 1 is 1.20 bits per heavy atom. The van der Waals surface area contributed by atoms with Crippen molar-refractivity contribution in [1.82, 2.24) is 25.6 Å². The van der Waals surface area contributed by atoms with Crippen LogP contribution in [-0.2, 0) is 0 Å². The van der Waals surface area contributed by atoms with Crippen LogP contribution < -0.4 is 5.56 Å². The molecule has 1 aromatic carbocycles. The fraction of sp³-hybridized carbons (Fsp3) is 0.0769. The van der Waals surface area contributed by atoms with Gasteiger partial charge >= 0.3 is 0 Å². The van der Waals surface area contributed by atoms with Gasteiger partial charge < -0.3 is 4.98 Å². The van der Waals surface area contributed by atoms with Crippen LogP contribution in [-0.4, -0.2) is 31.9 Å². The Labute approximate surface area is 118 Å². The molecule has 2 aromatic heterocycles. The van der Waals surface area contributed by atoms with Gasteiger partial charge in [-0.25, -0.2) is 0 Å². The summed E-state index contributed by atoms with van der Waals surface area (Å²) < 4.78 is 0. The molecular weight excluding hydrogens is 274 g/mol. The van der Waals surface area contributed by atoms with Crippen molar-refractivity contribution < 1.29 is 0 Å². The molecule has 0 aliphatic heterocycles. The first-order valence-corrected chi connectivity index (χ1v) is 7.11. The SMILES string of the molecule is CSc1cccc(-c2c[nH]c(=O)c(-c3nn[nH]n3)c2)c1. The summed E-state index contributed by atoms with van der Waals surface area (Å²) in [5.74, 6) is 0.286. The van der Waals surface area contributed by atoms with E-state index in [1.807, 2.05) is 24.5 Å². The third-order valence-corrected chi connectivity index (χ3v) is 3.62. The number of pyridine rings is 1. The number of tetrazole rings is 1. The van der Waals surface area contributed by atoms with Crippen LogP contribution in [0.5, 0.6) is 0 Å². The van der Waals surface area contributed by atoms with E-state index >= 15 is 0 Å². The first-order chi connectivity index (χ1) is 9.78. The number of rotatable bonds is 3. The summed E-state index contributed by atoms with van der Waals surface area (Å²) in [7, 11) is 0. The molecule has 0 spiro atoms. The lowest BCUT2D eigenvalue weighted by Crippen LogP contribution is -2.09. The monoisotopic (exact) mass is 285 g/mol. The number of hydrogen-bond acceptors (Lipinski definition) is 5. The maximum atomic E-state index is 11.8. The molecule has 0 fully saturated rings. The summed E-state index contributed by atoms with van der Waals surface area (Å²) in [6.45, 7) is 0. The molecule has 0 radical (unpaired) electrons. The molecule has 3 rings (SSSR count). The van der Waals surface area contributed by atoms with Crippen molar-refractivity contribution in [3.63, 3.8) is 0 Å². The molecule has 0 amide bonds. The number of nitrogens with one attached hydrogen (secondary N) is 2. The maximum absolute atomic E-state index is 11.8. The van der Waals surface area contributed by atoms with Crippen LogP contribution in [0.15, 0.2) is 46.2 Å². The van der Waals surface area contributed by atoms with Gasteiger partial charge in [0.2, 0.25) is 5.82 Å². The zero-order valence-electron chi connectivity index (χ0n) is 10.6. The minimum absolute atomic E-state index is 0.240. The lowest BCUT2D eigenvalue weighted by molar-refractivity contribution is 0.881. The second kappa shape index (κ2) is 5.30. The third-order valence-electron chi connectivity index (χ3n) is 2.89. The molecule has 3 aromatic rings. The molecule has 0 atom stereocenters. The van der Waals surface area contributed by atoms with Gasteiger partial charge in [-0.1, -0.05) is 12.1 Å². The van der Waals surface area contributed by atoms with Crippen molar-refractivity contribution in [3.8, 4) is 22.5 Å². The van der Waals surface area contributed by atoms with Crippen LogP contribution in [0, 0.1) is 0 Å². The van der Waals surface area contributed by atoms with E-state index in [2.05, 4.69) is 31.7 Å². The highest BCUT2D eigenvalue weighted by molar-refractivity contribution is 7.98. The molecule has 0 aliphatic rings. The molecule has 0 unspecified atom stereocenters. The zero-order chi connectivity index (χ0) is 13.9. The highest BCUT2D eigenvalue weighted by Gasteiger charge is 2.10. The largest absolute Gasteiger partial charge is 0.328 e. The van der Waals surface area contributed by atoms with Gasteiger partial charge in [0.15, 0.2) is 0 Å². The van der Waals surface area contributed by atoms with E-state index in [1.165, 1.54) is 0 Å². The highest BCUT2D eigenvalue weighted by Crippen LogP contribution is 2.25. The van der Waals surface area contributed by atoms with Crippen LogP contribution in [0.3, 0.4) is 0 Å². The summed E-state index contributed by atoms with van der Waals surface area (Å²) >= 11 is 1.67. The van der Waals surface area contributed by atoms with Gasteiger partial charge in [0.25, 0.3) is 5.56 Å². The van der Waals surface area contributed by atoms with E-state index in [1.54, 1.807) is 24.0 Å². The third kappa shape index (κ3) is 2.35. The smallest absolute Gasteiger partial charge is 0.259 e. The van der Waals surface area contributed by atoms with Gasteiger partial charge in [0.1, 0.15) is 0 Å². The second-order valence-corrected chi connectivity index (χ2v) is 4.98. The number of thioether (sulfide) groups is 1. The van der Waals surface area contributed by atoms with Gasteiger partial charge in [-0.3, -0.25) is 4.79 Å². The van der Waals surface area contributed by atoms with Crippen LogP contribution in [0.2, 0.25) is 0 Å². The quantitative estimate of drug-likeness (QED) is 0.718. The number of aromatic amines is 2. The second-order valence-electron chi connectivity index (χ2n) is 4.10. The number of aromatic nitrogens is 5. The van der Waals surface area contributed by atoms with Crippen molar-refractivity contribution in [1.29, 1.82) is 0 Å². The summed E-state index contributed by atoms with van der Waals surface area (Å²) in [4.78, 5) is 15.7. The summed E-state index contributed by atoms with van der Waals surface area (Å²) in [6.07, 6.45) is 3.71. The number of hydrogen-bond donors (Lipinski definition) is 2. The van der Waals surface area contributed by atoms with Gasteiger partial charge in [-0.15, -0.1) is 22.0 Å². The predicted molar refractivity (Wildman–Crippen MR) is 77.5 cm³/mol. The van der Waals surface area contributed by atoms with Crippen molar-refractivity contribution in [2.75, 3.05) is 6.26 Å². The van der Waals surface area contributed by atoms with Crippen molar-refractivity contribution >= 4 is 11.8 Å². The van der Waals surface area contributed by atoms with Crippen LogP contribution in [0.25, 0.3) is 22.5 Å². The standard InChI is InChI=1S/C13H11N5OS/c1-20-10-4-2-3-8(5-10)9-6-11(13(19)14-7-9)12-15-17-18-16-12/h2-7H,1H3,(H,14,19)(H,15,16,17,18). The Bertz CT molecular complexity index is 781. The van der Waals surface area contributed by atoms with Crippen LogP contribution in [0.4, 0.5) is 0 Å². The van der Waals surface area contributed by atoms with Crippen LogP contribution in [0.1, 0.15) is 0 Å². The molecule has 0 aliphatic carbocycles. The minimum atomic E-state index is -0.240. The highest BCUT2D eigenvalue weighted by atomic mass is 32.2. The molecule has 0 saturated heterocycles. The molecule has 2 heterocycles. The fourth-order valence-corrected chi connectivity index (χ4v) is 2.35. The van der Waals surface area contributed by atoms with Gasteiger partial charge in [0.05, 0.1) is 5.56 Å². The molecule has 0 saturated carbocycles. The van der Waals surface area contributed by atoms with E-state index in [0.717, 1.165) is 16.0 Å². The molecular formula is C13H11N5OS. The summed E-state index contributed by atoms with van der Waals surface area (Å²) in [5.41, 5.74) is 2.08. The van der Waals surface area contributed by atoms with E-state index in [-0.39, 0.29) is 11.4 Å². The number of nitrogens with zero attached hydrogens (tertiary/aromatic N) is 3. The Hall–Kier alpha value is -2.41. The topological polar surface area (TPSA) is 87.3 Å².